The molecule has 2 fully saturated rings. The molecular formula is C67H77N13O5S. The molecule has 0 bridgehead atoms. The molecule has 2 saturated heterocycles. The lowest BCUT2D eigenvalue weighted by Gasteiger charge is -2.29. The molecule has 18 nitrogen and oxygen atoms in total. The van der Waals surface area contributed by atoms with Crippen LogP contribution in [0.2, 0.25) is 0 Å². The van der Waals surface area contributed by atoms with Crippen molar-refractivity contribution in [1.29, 1.82) is 10.8 Å². The van der Waals surface area contributed by atoms with Crippen molar-refractivity contribution in [3.05, 3.63) is 221 Å². The third-order valence-electron chi connectivity index (χ3n) is 15.7. The Bertz CT molecular complexity index is 3380. The van der Waals surface area contributed by atoms with Gasteiger partial charge in [-0.1, -0.05) is 152 Å². The van der Waals surface area contributed by atoms with Gasteiger partial charge in [0.15, 0.2) is 17.7 Å². The summed E-state index contributed by atoms with van der Waals surface area (Å²) in [7, 11) is 0. The number of fused-ring (bicyclic) bond motifs is 1. The molecule has 19 heteroatoms. The number of aromatic nitrogens is 1. The van der Waals surface area contributed by atoms with E-state index in [-0.39, 0.29) is 65.2 Å². The molecule has 446 valence electrons. The van der Waals surface area contributed by atoms with Crippen molar-refractivity contribution < 1.29 is 23.6 Å². The fraction of sp³-hybridized carbons (Fsp3) is 0.299. The van der Waals surface area contributed by atoms with Gasteiger partial charge in [-0.05, 0) is 91.1 Å². The maximum atomic E-state index is 14.0. The van der Waals surface area contributed by atoms with Crippen LogP contribution in [0.4, 0.5) is 0 Å². The summed E-state index contributed by atoms with van der Waals surface area (Å²) in [5.74, 6) is 0.426. The molecule has 4 amide bonds. The standard InChI is InChI=1S/C35H40N6O3.C32H37N7O2S/c36-35(37)38-21-10-17-30-34(43)41(24-29(25-11-4-1-5-12-25)26-13-6-2-7-14-26)22-20-28(40-30)23-39-33(42)32-19-18-31(44-32)27-15-8-3-9-16-27;33-32(34)35-16-7-12-28-31(41)39(20-26(22-8-3-1-4-9-22)23-10-5-2-6-11-23)17-15-25(38-28)19-36-30(40)24-13-14-27-29(18-24)42-21-37-27/h1-9,11-16,18-19,28-30,40H,10,17,20-24H2,(H,39,42)(H4,36,37,38);1-6,8-11,13-14,18,21,25-26,28,38H,7,12,15-17,19-20H2,(H,36,40)(H4,33,34,35)/t28-,30-;25-,28-/m00/s1. The van der Waals surface area contributed by atoms with Crippen LogP contribution in [0.5, 0.6) is 0 Å². The third-order valence-corrected chi connectivity index (χ3v) is 16.5. The number of amides is 4. The zero-order valence-electron chi connectivity index (χ0n) is 48.2. The molecular weight excluding hydrogens is 1100 g/mol. The first-order valence-corrected chi connectivity index (χ1v) is 30.3. The number of thiazole rings is 1. The summed E-state index contributed by atoms with van der Waals surface area (Å²) in [6, 6.07) is 58.8. The Labute approximate surface area is 506 Å². The molecule has 2 aromatic heterocycles. The van der Waals surface area contributed by atoms with Crippen molar-refractivity contribution >= 4 is 57.1 Å². The van der Waals surface area contributed by atoms with E-state index in [1.807, 2.05) is 125 Å². The predicted octanol–water partition coefficient (Wildman–Crippen LogP) is 8.01. The highest BCUT2D eigenvalue weighted by molar-refractivity contribution is 7.16. The molecule has 0 aliphatic carbocycles. The zero-order chi connectivity index (χ0) is 60.0. The minimum Gasteiger partial charge on any atom is -0.451 e. The topological polar surface area (TPSA) is 273 Å². The van der Waals surface area contributed by atoms with E-state index in [4.69, 9.17) is 26.7 Å². The Balaban J connectivity index is 0.000000206. The van der Waals surface area contributed by atoms with Crippen molar-refractivity contribution in [2.45, 2.75) is 74.5 Å². The van der Waals surface area contributed by atoms with Gasteiger partial charge in [-0.25, -0.2) is 4.98 Å². The molecule has 0 radical (unpaired) electrons. The molecule has 4 atom stereocenters. The summed E-state index contributed by atoms with van der Waals surface area (Å²) in [6.07, 6.45) is 3.87. The molecule has 6 aromatic carbocycles. The number of benzene rings is 6. The molecule has 10 rings (SSSR count). The quantitative estimate of drug-likeness (QED) is 0.0166. The van der Waals surface area contributed by atoms with E-state index < -0.39 is 12.1 Å². The van der Waals surface area contributed by atoms with Crippen LogP contribution in [0.15, 0.2) is 192 Å². The van der Waals surface area contributed by atoms with Gasteiger partial charge in [0, 0.05) is 87.4 Å². The maximum absolute atomic E-state index is 14.0. The normalized spacial score (nSPS) is 17.0. The number of carbonyl (C=O) groups excluding carboxylic acids is 4. The Morgan fingerprint density at radius 1 is 0.581 bits per heavy atom. The second-order valence-corrected chi connectivity index (χ2v) is 22.6. The lowest BCUT2D eigenvalue weighted by Crippen LogP contribution is -2.49. The van der Waals surface area contributed by atoms with Crippen LogP contribution < -0.4 is 43.4 Å². The fourth-order valence-corrected chi connectivity index (χ4v) is 11.9. The van der Waals surface area contributed by atoms with Crippen LogP contribution in [0.3, 0.4) is 0 Å². The van der Waals surface area contributed by atoms with Gasteiger partial charge >= 0.3 is 0 Å². The Kier molecular flexibility index (Phi) is 22.2. The lowest BCUT2D eigenvalue weighted by molar-refractivity contribution is -0.133. The number of furan rings is 1. The molecule has 0 saturated carbocycles. The first kappa shape index (κ1) is 61.4. The van der Waals surface area contributed by atoms with E-state index in [1.165, 1.54) is 11.3 Å². The Hall–Kier alpha value is -9.17. The van der Waals surface area contributed by atoms with Crippen LogP contribution in [0.25, 0.3) is 21.5 Å². The van der Waals surface area contributed by atoms with E-state index in [0.29, 0.717) is 102 Å². The number of carbonyl (C=O) groups is 4. The smallest absolute Gasteiger partial charge is 0.287 e. The third kappa shape index (κ3) is 17.5. The summed E-state index contributed by atoms with van der Waals surface area (Å²) in [5.41, 5.74) is 19.7. The molecule has 4 heterocycles. The van der Waals surface area contributed by atoms with E-state index >= 15 is 0 Å². The predicted molar refractivity (Wildman–Crippen MR) is 340 cm³/mol. The number of hydrogen-bond donors (Lipinski definition) is 10. The van der Waals surface area contributed by atoms with Crippen LogP contribution in [-0.4, -0.2) is 127 Å². The summed E-state index contributed by atoms with van der Waals surface area (Å²) in [4.78, 5) is 62.2. The first-order chi connectivity index (χ1) is 41.9. The highest BCUT2D eigenvalue weighted by Crippen LogP contribution is 2.30. The van der Waals surface area contributed by atoms with Crippen molar-refractivity contribution in [2.75, 3.05) is 52.4 Å². The van der Waals surface area contributed by atoms with E-state index in [2.05, 4.69) is 85.4 Å². The van der Waals surface area contributed by atoms with Crippen LogP contribution in [-0.2, 0) is 9.59 Å². The van der Waals surface area contributed by atoms with Crippen molar-refractivity contribution in [3.63, 3.8) is 0 Å². The second kappa shape index (κ2) is 31.1. The summed E-state index contributed by atoms with van der Waals surface area (Å²) in [5, 5.41) is 33.7. The first-order valence-electron chi connectivity index (χ1n) is 29.5. The number of guanidine groups is 2. The molecule has 8 aromatic rings. The van der Waals surface area contributed by atoms with Gasteiger partial charge in [0.1, 0.15) is 5.76 Å². The zero-order valence-corrected chi connectivity index (χ0v) is 49.0. The van der Waals surface area contributed by atoms with E-state index in [0.717, 1.165) is 38.0 Å². The van der Waals surface area contributed by atoms with Gasteiger partial charge in [0.05, 0.1) is 27.8 Å². The maximum Gasteiger partial charge on any atom is 0.287 e. The average Bonchev–Trinajstić information content (AvgIpc) is 4.07. The largest absolute Gasteiger partial charge is 0.451 e. The Morgan fingerprint density at radius 2 is 1.02 bits per heavy atom. The Morgan fingerprint density at radius 3 is 1.48 bits per heavy atom. The van der Waals surface area contributed by atoms with Gasteiger partial charge < -0.3 is 57.6 Å². The van der Waals surface area contributed by atoms with Crippen LogP contribution in [0, 0.1) is 10.8 Å². The number of nitrogens with one attached hydrogen (secondary N) is 8. The van der Waals surface area contributed by atoms with Gasteiger partial charge in [-0.3, -0.25) is 30.0 Å². The highest BCUT2D eigenvalue weighted by atomic mass is 32.1. The van der Waals surface area contributed by atoms with Gasteiger partial charge in [-0.2, -0.15) is 0 Å². The van der Waals surface area contributed by atoms with E-state index in [1.54, 1.807) is 23.7 Å². The van der Waals surface area contributed by atoms with Crippen LogP contribution in [0.1, 0.15) is 93.5 Å². The van der Waals surface area contributed by atoms with Crippen molar-refractivity contribution in [1.82, 2.24) is 46.7 Å². The van der Waals surface area contributed by atoms with Gasteiger partial charge in [-0.15, -0.1) is 11.3 Å². The minimum absolute atomic E-state index is 0.0235. The summed E-state index contributed by atoms with van der Waals surface area (Å²) in [6.45, 7) is 4.02. The molecule has 0 spiro atoms. The molecule has 12 N–H and O–H groups in total. The summed E-state index contributed by atoms with van der Waals surface area (Å²) >= 11 is 1.51. The van der Waals surface area contributed by atoms with Gasteiger partial charge in [0.2, 0.25) is 11.8 Å². The summed E-state index contributed by atoms with van der Waals surface area (Å²) < 4.78 is 6.81. The van der Waals surface area contributed by atoms with Gasteiger partial charge in [0.25, 0.3) is 11.8 Å². The average molecular weight is 1180 g/mol. The second-order valence-electron chi connectivity index (χ2n) is 21.7. The van der Waals surface area contributed by atoms with E-state index in [9.17, 15) is 19.2 Å². The SMILES string of the molecule is N=C(N)NCCC[C@@H]1N[C@H](CNC(=O)c2ccc(-c3ccccc3)o2)CCN(CC(c2ccccc2)c2ccccc2)C1=O.N=C(N)NCCC[C@@H]1N[C@H](CNC(=O)c2ccc3ncsc3c2)CCN(CC(c2ccccc2)c2ccccc2)C1=O. The number of rotatable bonds is 23. The monoisotopic (exact) mass is 1180 g/mol. The highest BCUT2D eigenvalue weighted by Gasteiger charge is 2.35. The molecule has 0 unspecified atom stereocenters. The lowest BCUT2D eigenvalue weighted by atomic mass is 9.90. The number of nitrogens with zero attached hydrogens (tertiary/aromatic N) is 3. The number of nitrogens with two attached hydrogens (primary N) is 2. The molecule has 2 aliphatic heterocycles. The molecule has 86 heavy (non-hydrogen) atoms. The van der Waals surface area contributed by atoms with Crippen molar-refractivity contribution in [3.8, 4) is 11.3 Å². The molecule has 2 aliphatic rings. The van der Waals surface area contributed by atoms with Crippen LogP contribution >= 0.6 is 11.3 Å². The minimum atomic E-state index is -0.436. The fourth-order valence-electron chi connectivity index (χ4n) is 11.1. The van der Waals surface area contributed by atoms with Crippen molar-refractivity contribution in [2.24, 2.45) is 11.5 Å². The number of hydrogen-bond acceptors (Lipinski definition) is 11.